The van der Waals surface area contributed by atoms with Crippen molar-refractivity contribution in [1.82, 2.24) is 4.98 Å². The third-order valence-electron chi connectivity index (χ3n) is 6.40. The van der Waals surface area contributed by atoms with Crippen LogP contribution in [-0.2, 0) is 16.0 Å². The molecular formula is C24H23NO4S. The van der Waals surface area contributed by atoms with Crippen molar-refractivity contribution in [2.45, 2.75) is 38.5 Å². The van der Waals surface area contributed by atoms with Gasteiger partial charge in [-0.15, -0.1) is 0 Å². The molecule has 2 aromatic carbocycles. The van der Waals surface area contributed by atoms with Gasteiger partial charge in [-0.05, 0) is 67.1 Å². The molecule has 2 aliphatic carbocycles. The van der Waals surface area contributed by atoms with E-state index in [-0.39, 0.29) is 23.4 Å². The van der Waals surface area contributed by atoms with Crippen LogP contribution in [0.1, 0.15) is 43.2 Å². The second kappa shape index (κ2) is 7.51. The van der Waals surface area contributed by atoms with Gasteiger partial charge < -0.3 is 9.47 Å². The number of ketones is 2. The smallest absolute Gasteiger partial charge is 0.279 e. The van der Waals surface area contributed by atoms with E-state index in [2.05, 4.69) is 4.98 Å². The first-order valence-corrected chi connectivity index (χ1v) is 11.2. The molecule has 2 bridgehead atoms. The summed E-state index contributed by atoms with van der Waals surface area (Å²) in [7, 11) is 1.64. The maximum absolute atomic E-state index is 13.0. The first-order chi connectivity index (χ1) is 14.6. The van der Waals surface area contributed by atoms with E-state index in [4.69, 9.17) is 9.47 Å². The average Bonchev–Trinajstić information content (AvgIpc) is 3.37. The van der Waals surface area contributed by atoms with E-state index in [1.54, 1.807) is 7.11 Å². The molecule has 0 saturated heterocycles. The van der Waals surface area contributed by atoms with Gasteiger partial charge in [-0.1, -0.05) is 24.3 Å². The molecule has 1 unspecified atom stereocenters. The molecule has 0 amide bonds. The Morgan fingerprint density at radius 1 is 1.03 bits per heavy atom. The molecule has 2 fully saturated rings. The van der Waals surface area contributed by atoms with Gasteiger partial charge in [0, 0.05) is 11.8 Å². The second-order valence-electron chi connectivity index (χ2n) is 8.07. The van der Waals surface area contributed by atoms with Gasteiger partial charge in [-0.25, -0.2) is 4.98 Å². The van der Waals surface area contributed by atoms with Gasteiger partial charge in [-0.3, -0.25) is 9.59 Å². The van der Waals surface area contributed by atoms with Crippen LogP contribution in [0.15, 0.2) is 36.4 Å². The number of aryl methyl sites for hydroxylation is 1. The number of aromatic nitrogens is 1. The van der Waals surface area contributed by atoms with Gasteiger partial charge in [0.05, 0.1) is 17.3 Å². The van der Waals surface area contributed by atoms with Gasteiger partial charge in [0.15, 0.2) is 11.6 Å². The molecule has 2 aliphatic rings. The molecule has 2 saturated carbocycles. The fourth-order valence-corrected chi connectivity index (χ4v) is 5.66. The van der Waals surface area contributed by atoms with Crippen molar-refractivity contribution >= 4 is 33.1 Å². The van der Waals surface area contributed by atoms with Crippen molar-refractivity contribution in [2.24, 2.45) is 11.8 Å². The standard InChI is InChI=1S/C24H23NO4S/c1-3-13-6-7-17(29-24-25-19-9-8-16(28-2)12-20(19)30-24)11-18(13)21-22(26)14-4-5-15(10-14)23(21)27/h6-9,11-12,14-15,21H,3-5,10H2,1-2H3/t14-,15+,21?. The monoisotopic (exact) mass is 421 g/mol. The Morgan fingerprint density at radius 3 is 2.47 bits per heavy atom. The zero-order chi connectivity index (χ0) is 20.8. The number of ether oxygens (including phenoxy) is 2. The van der Waals surface area contributed by atoms with Gasteiger partial charge in [-0.2, -0.15) is 0 Å². The van der Waals surface area contributed by atoms with Crippen molar-refractivity contribution < 1.29 is 19.1 Å². The molecule has 3 aromatic rings. The van der Waals surface area contributed by atoms with E-state index in [9.17, 15) is 9.59 Å². The van der Waals surface area contributed by atoms with E-state index in [1.165, 1.54) is 11.3 Å². The number of carbonyl (C=O) groups excluding carboxylic acids is 2. The van der Waals surface area contributed by atoms with Crippen LogP contribution in [0.4, 0.5) is 0 Å². The highest BCUT2D eigenvalue weighted by Gasteiger charge is 2.47. The molecular weight excluding hydrogens is 398 g/mol. The van der Waals surface area contributed by atoms with Gasteiger partial charge in [0.25, 0.3) is 5.19 Å². The van der Waals surface area contributed by atoms with Crippen LogP contribution in [0.5, 0.6) is 16.7 Å². The lowest BCUT2D eigenvalue weighted by molar-refractivity contribution is -0.135. The van der Waals surface area contributed by atoms with Crippen LogP contribution in [0, 0.1) is 11.8 Å². The Balaban J connectivity index is 1.49. The lowest BCUT2D eigenvalue weighted by atomic mass is 9.74. The van der Waals surface area contributed by atoms with Crippen LogP contribution < -0.4 is 9.47 Å². The SMILES string of the molecule is CCc1ccc(Oc2nc3ccc(OC)cc3s2)cc1C1C(=O)[C@@H]2CC[C@@H](C2)C1=O. The number of thiazole rings is 1. The van der Waals surface area contributed by atoms with Gasteiger partial charge in [0.2, 0.25) is 0 Å². The van der Waals surface area contributed by atoms with E-state index in [0.717, 1.165) is 52.8 Å². The zero-order valence-electron chi connectivity index (χ0n) is 17.0. The molecule has 1 aromatic heterocycles. The quantitative estimate of drug-likeness (QED) is 0.522. The number of fused-ring (bicyclic) bond motifs is 3. The highest BCUT2D eigenvalue weighted by atomic mass is 32.1. The Labute approximate surface area is 179 Å². The summed E-state index contributed by atoms with van der Waals surface area (Å²) in [5.41, 5.74) is 2.68. The molecule has 5 rings (SSSR count). The number of Topliss-reactive ketones (excluding diaryl/α,β-unsaturated/α-hetero) is 2. The van der Waals surface area contributed by atoms with Crippen LogP contribution in [0.25, 0.3) is 10.2 Å². The first-order valence-electron chi connectivity index (χ1n) is 10.4. The van der Waals surface area contributed by atoms with Crippen molar-refractivity contribution in [3.05, 3.63) is 47.5 Å². The van der Waals surface area contributed by atoms with Crippen molar-refractivity contribution in [3.8, 4) is 16.7 Å². The summed E-state index contributed by atoms with van der Waals surface area (Å²) in [6.07, 6.45) is 3.20. The first kappa shape index (κ1) is 19.2. The summed E-state index contributed by atoms with van der Waals surface area (Å²) in [4.78, 5) is 30.6. The van der Waals surface area contributed by atoms with Crippen molar-refractivity contribution in [3.63, 3.8) is 0 Å². The van der Waals surface area contributed by atoms with E-state index >= 15 is 0 Å². The Kier molecular flexibility index (Phi) is 4.82. The molecule has 154 valence electrons. The molecule has 0 radical (unpaired) electrons. The van der Waals surface area contributed by atoms with Crippen LogP contribution in [-0.4, -0.2) is 23.7 Å². The fraction of sp³-hybridized carbons (Fsp3) is 0.375. The minimum Gasteiger partial charge on any atom is -0.497 e. The molecule has 5 nitrogen and oxygen atoms in total. The highest BCUT2D eigenvalue weighted by molar-refractivity contribution is 7.20. The minimum absolute atomic E-state index is 0.0335. The topological polar surface area (TPSA) is 65.5 Å². The predicted octanol–water partition coefficient (Wildman–Crippen LogP) is 5.31. The zero-order valence-corrected chi connectivity index (χ0v) is 17.8. The van der Waals surface area contributed by atoms with E-state index < -0.39 is 5.92 Å². The van der Waals surface area contributed by atoms with Gasteiger partial charge >= 0.3 is 0 Å². The summed E-state index contributed by atoms with van der Waals surface area (Å²) in [5.74, 6) is 0.982. The lowest BCUT2D eigenvalue weighted by Gasteiger charge is -2.27. The molecule has 0 N–H and O–H groups in total. The molecule has 3 atom stereocenters. The molecule has 30 heavy (non-hydrogen) atoms. The Bertz CT molecular complexity index is 1130. The highest BCUT2D eigenvalue weighted by Crippen LogP contribution is 2.45. The van der Waals surface area contributed by atoms with E-state index in [1.807, 2.05) is 43.3 Å². The molecule has 0 spiro atoms. The largest absolute Gasteiger partial charge is 0.497 e. The summed E-state index contributed by atoms with van der Waals surface area (Å²) in [5, 5.41) is 0.523. The average molecular weight is 422 g/mol. The number of carbonyl (C=O) groups is 2. The normalized spacial score (nSPS) is 23.2. The summed E-state index contributed by atoms with van der Waals surface area (Å²) >= 11 is 1.44. The van der Waals surface area contributed by atoms with Crippen LogP contribution >= 0.6 is 11.3 Å². The number of hydrogen-bond acceptors (Lipinski definition) is 6. The minimum atomic E-state index is -0.644. The molecule has 1 heterocycles. The summed E-state index contributed by atoms with van der Waals surface area (Å²) in [6.45, 7) is 2.05. The third-order valence-corrected chi connectivity index (χ3v) is 7.29. The van der Waals surface area contributed by atoms with Crippen LogP contribution in [0.3, 0.4) is 0 Å². The predicted molar refractivity (Wildman–Crippen MR) is 116 cm³/mol. The Morgan fingerprint density at radius 2 is 1.77 bits per heavy atom. The lowest BCUT2D eigenvalue weighted by Crippen LogP contribution is -2.35. The van der Waals surface area contributed by atoms with E-state index in [0.29, 0.717) is 10.9 Å². The van der Waals surface area contributed by atoms with Crippen LogP contribution in [0.2, 0.25) is 0 Å². The number of benzene rings is 2. The molecule has 0 aliphatic heterocycles. The number of methoxy groups -OCH3 is 1. The van der Waals surface area contributed by atoms with Gasteiger partial charge in [0.1, 0.15) is 17.4 Å². The van der Waals surface area contributed by atoms with Crippen molar-refractivity contribution in [1.29, 1.82) is 0 Å². The number of hydrogen-bond donors (Lipinski definition) is 0. The second-order valence-corrected chi connectivity index (χ2v) is 9.07. The summed E-state index contributed by atoms with van der Waals surface area (Å²) in [6, 6.07) is 11.4. The van der Waals surface area contributed by atoms with Crippen molar-refractivity contribution in [2.75, 3.05) is 7.11 Å². The number of rotatable bonds is 5. The maximum Gasteiger partial charge on any atom is 0.279 e. The fourth-order valence-electron chi connectivity index (χ4n) is 4.80. The Hall–Kier alpha value is -2.73. The maximum atomic E-state index is 13.0. The number of nitrogens with zero attached hydrogens (tertiary/aromatic N) is 1. The third kappa shape index (κ3) is 3.19. The summed E-state index contributed by atoms with van der Waals surface area (Å²) < 4.78 is 12.3. The molecule has 6 heteroatoms.